The Kier molecular flexibility index (Phi) is 7.19. The molecule has 0 radical (unpaired) electrons. The lowest BCUT2D eigenvalue weighted by atomic mass is 9.73. The Hall–Kier alpha value is -0.120. The van der Waals surface area contributed by atoms with E-state index in [9.17, 15) is 0 Å². The molecule has 0 fully saturated rings. The Morgan fingerprint density at radius 3 is 1.85 bits per heavy atom. The fourth-order valence-corrected chi connectivity index (χ4v) is 2.93. The molecule has 0 aliphatic heterocycles. The fourth-order valence-electron chi connectivity index (χ4n) is 2.93. The third kappa shape index (κ3) is 6.55. The Bertz CT molecular complexity index is 283. The van der Waals surface area contributed by atoms with Crippen molar-refractivity contribution in [3.05, 3.63) is 0 Å². The van der Waals surface area contributed by atoms with E-state index in [1.807, 2.05) is 13.8 Å². The molecule has 122 valence electrons. The first kappa shape index (κ1) is 19.9. The van der Waals surface area contributed by atoms with Crippen molar-refractivity contribution < 1.29 is 9.47 Å². The molecule has 0 amide bonds. The van der Waals surface area contributed by atoms with E-state index >= 15 is 0 Å². The number of hydrogen-bond acceptors (Lipinski definition) is 3. The summed E-state index contributed by atoms with van der Waals surface area (Å²) in [6.45, 7) is 20.0. The minimum Gasteiger partial charge on any atom is -0.375 e. The van der Waals surface area contributed by atoms with Crippen LogP contribution in [0.3, 0.4) is 0 Å². The second kappa shape index (κ2) is 7.24. The molecule has 2 atom stereocenters. The van der Waals surface area contributed by atoms with Gasteiger partial charge in [-0.25, -0.2) is 0 Å². The molecule has 3 nitrogen and oxygen atoms in total. The summed E-state index contributed by atoms with van der Waals surface area (Å²) in [6, 6.07) is 0.157. The highest BCUT2D eigenvalue weighted by Gasteiger charge is 2.39. The molecule has 0 rings (SSSR count). The van der Waals surface area contributed by atoms with Crippen LogP contribution in [0.5, 0.6) is 0 Å². The van der Waals surface area contributed by atoms with Crippen LogP contribution >= 0.6 is 0 Å². The molecule has 0 saturated carbocycles. The minimum atomic E-state index is -0.181. The summed E-state index contributed by atoms with van der Waals surface area (Å²) in [6.07, 6.45) is 2.01. The van der Waals surface area contributed by atoms with E-state index in [-0.39, 0.29) is 28.8 Å². The highest BCUT2D eigenvalue weighted by Crippen LogP contribution is 2.39. The molecular weight excluding hydrogens is 250 g/mol. The number of nitrogens with two attached hydrogens (primary N) is 1. The van der Waals surface area contributed by atoms with Gasteiger partial charge in [-0.15, -0.1) is 0 Å². The van der Waals surface area contributed by atoms with Crippen molar-refractivity contribution in [3.63, 3.8) is 0 Å². The van der Waals surface area contributed by atoms with E-state index in [1.54, 1.807) is 0 Å². The highest BCUT2D eigenvalue weighted by atomic mass is 16.5. The van der Waals surface area contributed by atoms with Crippen molar-refractivity contribution in [3.8, 4) is 0 Å². The molecule has 2 unspecified atom stereocenters. The Morgan fingerprint density at radius 1 is 0.950 bits per heavy atom. The van der Waals surface area contributed by atoms with E-state index < -0.39 is 0 Å². The zero-order valence-electron chi connectivity index (χ0n) is 15.2. The van der Waals surface area contributed by atoms with Gasteiger partial charge >= 0.3 is 0 Å². The van der Waals surface area contributed by atoms with Crippen LogP contribution in [0, 0.1) is 5.41 Å². The molecule has 0 aliphatic carbocycles. The maximum absolute atomic E-state index is 6.22. The molecule has 0 aromatic heterocycles. The van der Waals surface area contributed by atoms with E-state index in [4.69, 9.17) is 15.2 Å². The number of hydrogen-bond donors (Lipinski definition) is 1. The summed E-state index contributed by atoms with van der Waals surface area (Å²) < 4.78 is 12.1. The Balaban J connectivity index is 4.63. The first-order valence-electron chi connectivity index (χ1n) is 7.90. The molecule has 0 heterocycles. The molecule has 0 spiro atoms. The Labute approximate surface area is 126 Å². The van der Waals surface area contributed by atoms with E-state index in [0.29, 0.717) is 0 Å². The molecule has 20 heavy (non-hydrogen) atoms. The molecule has 0 aromatic carbocycles. The van der Waals surface area contributed by atoms with Crippen LogP contribution in [-0.2, 0) is 9.47 Å². The molecule has 3 heteroatoms. The van der Waals surface area contributed by atoms with Gasteiger partial charge in [0.2, 0.25) is 0 Å². The SMILES string of the molecule is CCOC(C)(C)C(C)(C)CC(C)OC(C)(C)CC(C)N. The minimum absolute atomic E-state index is 0.0484. The maximum Gasteiger partial charge on any atom is 0.0677 e. The number of rotatable bonds is 9. The molecule has 2 N–H and O–H groups in total. The van der Waals surface area contributed by atoms with E-state index in [2.05, 4.69) is 48.5 Å². The van der Waals surface area contributed by atoms with Gasteiger partial charge in [-0.2, -0.15) is 0 Å². The summed E-state index contributed by atoms with van der Waals surface area (Å²) in [4.78, 5) is 0. The fraction of sp³-hybridized carbons (Fsp3) is 1.00. The molecule has 0 aliphatic rings. The standard InChI is InChI=1S/C17H37NO2/c1-10-19-17(8,9)15(4,5)12-14(3)20-16(6,7)11-13(2)18/h13-14H,10-12,18H2,1-9H3. The monoisotopic (exact) mass is 287 g/mol. The van der Waals surface area contributed by atoms with Gasteiger partial charge < -0.3 is 15.2 Å². The zero-order chi connectivity index (χ0) is 16.2. The maximum atomic E-state index is 6.22. The van der Waals surface area contributed by atoms with E-state index in [1.165, 1.54) is 0 Å². The normalized spacial score (nSPS) is 17.1. The summed E-state index contributed by atoms with van der Waals surface area (Å²) in [7, 11) is 0. The molecule has 0 saturated heterocycles. The summed E-state index contributed by atoms with van der Waals surface area (Å²) in [5.74, 6) is 0. The van der Waals surface area contributed by atoms with Gasteiger partial charge in [0.15, 0.2) is 0 Å². The van der Waals surface area contributed by atoms with Gasteiger partial charge in [0.25, 0.3) is 0 Å². The second-order valence-electron chi connectivity index (χ2n) is 7.90. The van der Waals surface area contributed by atoms with Crippen molar-refractivity contribution in [1.82, 2.24) is 0 Å². The van der Waals surface area contributed by atoms with E-state index in [0.717, 1.165) is 19.4 Å². The predicted molar refractivity (Wildman–Crippen MR) is 87.0 cm³/mol. The lowest BCUT2D eigenvalue weighted by molar-refractivity contribution is -0.133. The quantitative estimate of drug-likeness (QED) is 0.693. The van der Waals surface area contributed by atoms with Crippen LogP contribution < -0.4 is 5.73 Å². The largest absolute Gasteiger partial charge is 0.375 e. The molecular formula is C17H37NO2. The summed E-state index contributed by atoms with van der Waals surface area (Å²) >= 11 is 0. The van der Waals surface area contributed by atoms with Crippen molar-refractivity contribution in [2.75, 3.05) is 6.61 Å². The topological polar surface area (TPSA) is 44.5 Å². The van der Waals surface area contributed by atoms with Gasteiger partial charge in [-0.05, 0) is 66.7 Å². The van der Waals surface area contributed by atoms with Crippen LogP contribution in [0.25, 0.3) is 0 Å². The van der Waals surface area contributed by atoms with Crippen molar-refractivity contribution >= 4 is 0 Å². The van der Waals surface area contributed by atoms with Crippen molar-refractivity contribution in [1.29, 1.82) is 0 Å². The van der Waals surface area contributed by atoms with Gasteiger partial charge in [-0.3, -0.25) is 0 Å². The van der Waals surface area contributed by atoms with Gasteiger partial charge in [0, 0.05) is 12.6 Å². The first-order valence-corrected chi connectivity index (χ1v) is 7.90. The smallest absolute Gasteiger partial charge is 0.0677 e. The van der Waals surface area contributed by atoms with Crippen LogP contribution in [0.4, 0.5) is 0 Å². The van der Waals surface area contributed by atoms with Gasteiger partial charge in [-0.1, -0.05) is 13.8 Å². The highest BCUT2D eigenvalue weighted by molar-refractivity contribution is 4.89. The number of ether oxygens (including phenoxy) is 2. The molecule has 0 bridgehead atoms. The first-order chi connectivity index (χ1) is 8.83. The average Bonchev–Trinajstić information content (AvgIpc) is 2.11. The van der Waals surface area contributed by atoms with Crippen molar-refractivity contribution in [2.24, 2.45) is 11.1 Å². The van der Waals surface area contributed by atoms with Crippen LogP contribution in [0.15, 0.2) is 0 Å². The van der Waals surface area contributed by atoms with Crippen LogP contribution in [-0.4, -0.2) is 30.0 Å². The van der Waals surface area contributed by atoms with Crippen LogP contribution in [0.2, 0.25) is 0 Å². The van der Waals surface area contributed by atoms with Gasteiger partial charge in [0.1, 0.15) is 0 Å². The third-order valence-electron chi connectivity index (χ3n) is 4.27. The third-order valence-corrected chi connectivity index (χ3v) is 4.27. The summed E-state index contributed by atoms with van der Waals surface area (Å²) in [5.41, 5.74) is 5.60. The van der Waals surface area contributed by atoms with Crippen LogP contribution in [0.1, 0.15) is 75.2 Å². The zero-order valence-corrected chi connectivity index (χ0v) is 15.2. The summed E-state index contributed by atoms with van der Waals surface area (Å²) in [5, 5.41) is 0. The average molecular weight is 287 g/mol. The lowest BCUT2D eigenvalue weighted by Crippen LogP contribution is -2.45. The Morgan fingerprint density at radius 2 is 1.45 bits per heavy atom. The lowest BCUT2D eigenvalue weighted by Gasteiger charge is -2.44. The second-order valence-corrected chi connectivity index (χ2v) is 7.90. The van der Waals surface area contributed by atoms with Gasteiger partial charge in [0.05, 0.1) is 17.3 Å². The van der Waals surface area contributed by atoms with Crippen molar-refractivity contribution in [2.45, 2.75) is 98.5 Å². The molecule has 0 aromatic rings. The predicted octanol–water partition coefficient (Wildman–Crippen LogP) is 4.14.